The minimum atomic E-state index is -0.370. The molecular weight excluding hydrogens is 222 g/mol. The van der Waals surface area contributed by atoms with Crippen molar-refractivity contribution in [1.29, 1.82) is 0 Å². The summed E-state index contributed by atoms with van der Waals surface area (Å²) in [6.07, 6.45) is 6.95. The van der Waals surface area contributed by atoms with E-state index in [0.29, 0.717) is 0 Å². The van der Waals surface area contributed by atoms with Crippen molar-refractivity contribution in [2.45, 2.75) is 49.5 Å². The maximum Gasteiger partial charge on any atom is 0.0661 e. The molecule has 4 saturated carbocycles. The normalized spacial score (nSPS) is 45.4. The summed E-state index contributed by atoms with van der Waals surface area (Å²) in [5.41, 5.74) is 7.91. The van der Waals surface area contributed by atoms with E-state index in [1.165, 1.54) is 24.8 Å². The Bertz CT molecular complexity index is 464. The van der Waals surface area contributed by atoms with Gasteiger partial charge in [-0.15, -0.1) is 0 Å². The molecule has 2 atom stereocenters. The first-order valence-corrected chi connectivity index (χ1v) is 7.15. The molecule has 5 rings (SSSR count). The number of anilines is 1. The van der Waals surface area contributed by atoms with E-state index < -0.39 is 0 Å². The summed E-state index contributed by atoms with van der Waals surface area (Å²) in [6, 6.07) is 8.40. The molecule has 2 nitrogen and oxygen atoms in total. The maximum absolute atomic E-state index is 10.8. The SMILES string of the molecule is Nc1ccc(C23C[C@@H]4C[C@H](CC(O)(C4)C2)C3)cc1. The third-order valence-corrected chi connectivity index (χ3v) is 5.55. The summed E-state index contributed by atoms with van der Waals surface area (Å²) in [5.74, 6) is 1.49. The molecule has 4 aliphatic carbocycles. The van der Waals surface area contributed by atoms with Crippen LogP contribution < -0.4 is 5.73 Å². The van der Waals surface area contributed by atoms with Crippen LogP contribution in [0, 0.1) is 11.8 Å². The highest BCUT2D eigenvalue weighted by Gasteiger charge is 2.57. The predicted octanol–water partition coefficient (Wildman–Crippen LogP) is 2.85. The third-order valence-electron chi connectivity index (χ3n) is 5.55. The van der Waals surface area contributed by atoms with Crippen LogP contribution in [0.1, 0.15) is 44.1 Å². The van der Waals surface area contributed by atoms with E-state index in [4.69, 9.17) is 5.73 Å². The van der Waals surface area contributed by atoms with Crippen LogP contribution in [0.5, 0.6) is 0 Å². The fourth-order valence-corrected chi connectivity index (χ4v) is 5.39. The first kappa shape index (κ1) is 10.9. The average Bonchev–Trinajstić information content (AvgIpc) is 2.26. The molecule has 0 saturated heterocycles. The van der Waals surface area contributed by atoms with Crippen LogP contribution in [-0.4, -0.2) is 10.7 Å². The zero-order valence-electron chi connectivity index (χ0n) is 10.7. The summed E-state index contributed by atoms with van der Waals surface area (Å²) in [6.45, 7) is 0. The fourth-order valence-electron chi connectivity index (χ4n) is 5.39. The van der Waals surface area contributed by atoms with Crippen LogP contribution in [-0.2, 0) is 5.41 Å². The molecule has 18 heavy (non-hydrogen) atoms. The van der Waals surface area contributed by atoms with Crippen LogP contribution in [0.4, 0.5) is 5.69 Å². The Morgan fingerprint density at radius 2 is 1.61 bits per heavy atom. The Morgan fingerprint density at radius 1 is 1.00 bits per heavy atom. The predicted molar refractivity (Wildman–Crippen MR) is 72.2 cm³/mol. The van der Waals surface area contributed by atoms with E-state index in [0.717, 1.165) is 36.8 Å². The standard InChI is InChI=1S/C16H21NO/c17-14-3-1-13(2-4-14)15-6-11-5-12(7-15)9-16(18,8-11)10-15/h1-4,11-12,18H,5-10,17H2/t11-,12-,15?,16?/m0/s1. The molecule has 0 radical (unpaired) electrons. The molecule has 0 aliphatic heterocycles. The van der Waals surface area contributed by atoms with Gasteiger partial charge in [0.05, 0.1) is 5.60 Å². The lowest BCUT2D eigenvalue weighted by Gasteiger charge is -2.60. The number of hydrogen-bond donors (Lipinski definition) is 2. The van der Waals surface area contributed by atoms with E-state index in [1.54, 1.807) is 0 Å². The molecule has 96 valence electrons. The van der Waals surface area contributed by atoms with E-state index in [2.05, 4.69) is 12.1 Å². The molecule has 4 aliphatic rings. The Hall–Kier alpha value is -1.02. The van der Waals surface area contributed by atoms with E-state index >= 15 is 0 Å². The fraction of sp³-hybridized carbons (Fsp3) is 0.625. The third kappa shape index (κ3) is 1.45. The van der Waals surface area contributed by atoms with Crippen LogP contribution >= 0.6 is 0 Å². The van der Waals surface area contributed by atoms with Crippen molar-refractivity contribution >= 4 is 5.69 Å². The van der Waals surface area contributed by atoms with Gasteiger partial charge in [-0.1, -0.05) is 12.1 Å². The lowest BCUT2D eigenvalue weighted by molar-refractivity contribution is -0.136. The van der Waals surface area contributed by atoms with Crippen molar-refractivity contribution in [1.82, 2.24) is 0 Å². The van der Waals surface area contributed by atoms with Crippen molar-refractivity contribution < 1.29 is 5.11 Å². The molecule has 0 heterocycles. The highest BCUT2D eigenvalue weighted by Crippen LogP contribution is 2.62. The second-order valence-corrected chi connectivity index (χ2v) is 7.09. The summed E-state index contributed by atoms with van der Waals surface area (Å²) in [4.78, 5) is 0. The molecular formula is C16H21NO. The molecule has 4 fully saturated rings. The minimum Gasteiger partial charge on any atom is -0.399 e. The molecule has 4 bridgehead atoms. The zero-order valence-corrected chi connectivity index (χ0v) is 10.7. The van der Waals surface area contributed by atoms with Crippen LogP contribution in [0.25, 0.3) is 0 Å². The number of nitrogens with two attached hydrogens (primary N) is 1. The quantitative estimate of drug-likeness (QED) is 0.745. The first-order valence-electron chi connectivity index (χ1n) is 7.15. The molecule has 1 aromatic carbocycles. The second-order valence-electron chi connectivity index (χ2n) is 7.09. The molecule has 3 N–H and O–H groups in total. The van der Waals surface area contributed by atoms with Gasteiger partial charge in [0, 0.05) is 5.69 Å². The van der Waals surface area contributed by atoms with Crippen molar-refractivity contribution in [3.63, 3.8) is 0 Å². The number of benzene rings is 1. The van der Waals surface area contributed by atoms with Gasteiger partial charge in [0.25, 0.3) is 0 Å². The van der Waals surface area contributed by atoms with Crippen molar-refractivity contribution in [2.75, 3.05) is 5.73 Å². The Balaban J connectivity index is 1.77. The summed E-state index contributed by atoms with van der Waals surface area (Å²) in [5, 5.41) is 10.8. The second kappa shape index (κ2) is 3.30. The topological polar surface area (TPSA) is 46.2 Å². The molecule has 0 spiro atoms. The van der Waals surface area contributed by atoms with E-state index in [9.17, 15) is 5.11 Å². The zero-order chi connectivity index (χ0) is 12.4. The molecule has 2 heteroatoms. The minimum absolute atomic E-state index is 0.243. The highest BCUT2D eigenvalue weighted by molar-refractivity contribution is 5.42. The van der Waals surface area contributed by atoms with Crippen LogP contribution in [0.15, 0.2) is 24.3 Å². The monoisotopic (exact) mass is 243 g/mol. The lowest BCUT2D eigenvalue weighted by atomic mass is 9.46. The van der Waals surface area contributed by atoms with Crippen LogP contribution in [0.2, 0.25) is 0 Å². The van der Waals surface area contributed by atoms with E-state index in [1.807, 2.05) is 12.1 Å². The summed E-state index contributed by atoms with van der Waals surface area (Å²) >= 11 is 0. The van der Waals surface area contributed by atoms with Crippen molar-refractivity contribution in [3.05, 3.63) is 29.8 Å². The Morgan fingerprint density at radius 3 is 2.17 bits per heavy atom. The number of hydrogen-bond acceptors (Lipinski definition) is 2. The molecule has 0 aromatic heterocycles. The smallest absolute Gasteiger partial charge is 0.0661 e. The largest absolute Gasteiger partial charge is 0.399 e. The van der Waals surface area contributed by atoms with Gasteiger partial charge in [-0.25, -0.2) is 0 Å². The average molecular weight is 243 g/mol. The summed E-state index contributed by atoms with van der Waals surface area (Å²) < 4.78 is 0. The van der Waals surface area contributed by atoms with Gasteiger partial charge >= 0.3 is 0 Å². The van der Waals surface area contributed by atoms with Gasteiger partial charge in [0.15, 0.2) is 0 Å². The lowest BCUT2D eigenvalue weighted by Crippen LogP contribution is -2.57. The van der Waals surface area contributed by atoms with Gasteiger partial charge in [-0.2, -0.15) is 0 Å². The van der Waals surface area contributed by atoms with Gasteiger partial charge < -0.3 is 10.8 Å². The molecule has 0 amide bonds. The number of rotatable bonds is 1. The Labute approximate surface area is 108 Å². The first-order chi connectivity index (χ1) is 8.57. The van der Waals surface area contributed by atoms with Crippen molar-refractivity contribution in [2.24, 2.45) is 11.8 Å². The summed E-state index contributed by atoms with van der Waals surface area (Å²) in [7, 11) is 0. The highest BCUT2D eigenvalue weighted by atomic mass is 16.3. The van der Waals surface area contributed by atoms with Gasteiger partial charge in [0.2, 0.25) is 0 Å². The Kier molecular flexibility index (Phi) is 1.99. The van der Waals surface area contributed by atoms with E-state index in [-0.39, 0.29) is 11.0 Å². The number of nitrogen functional groups attached to an aromatic ring is 1. The molecule has 0 unspecified atom stereocenters. The van der Waals surface area contributed by atoms with Gasteiger partial charge in [0.1, 0.15) is 0 Å². The number of aliphatic hydroxyl groups is 1. The van der Waals surface area contributed by atoms with Gasteiger partial charge in [-0.3, -0.25) is 0 Å². The van der Waals surface area contributed by atoms with Crippen LogP contribution in [0.3, 0.4) is 0 Å². The van der Waals surface area contributed by atoms with Gasteiger partial charge in [-0.05, 0) is 73.5 Å². The van der Waals surface area contributed by atoms with Crippen molar-refractivity contribution in [3.8, 4) is 0 Å². The molecule has 1 aromatic rings. The maximum atomic E-state index is 10.8.